The van der Waals surface area contributed by atoms with Crippen LogP contribution in [0.2, 0.25) is 0 Å². The number of carbonyl (C=O) groups excluding carboxylic acids is 3. The molecule has 1 aromatic heterocycles. The number of primary amides is 1. The van der Waals surface area contributed by atoms with E-state index < -0.39 is 41.0 Å². The van der Waals surface area contributed by atoms with Crippen LogP contribution >= 0.6 is 23.1 Å². The van der Waals surface area contributed by atoms with Crippen molar-refractivity contribution < 1.29 is 33.8 Å². The van der Waals surface area contributed by atoms with Crippen LogP contribution in [0, 0.1) is 0 Å². The van der Waals surface area contributed by atoms with Gasteiger partial charge in [-0.15, -0.1) is 23.1 Å². The lowest BCUT2D eigenvalue weighted by molar-refractivity contribution is -0.201. The second-order valence-electron chi connectivity index (χ2n) is 5.99. The second-order valence-corrected chi connectivity index (χ2v) is 7.97. The SMILES string of the molecule is COC1(NC(=O)Cc2cccs2)C(=O)N2C(C(=O)O)C(COC(N)=O)=CS[C@@H]21. The molecule has 12 heteroatoms. The minimum Gasteiger partial charge on any atom is -0.479 e. The van der Waals surface area contributed by atoms with Crippen molar-refractivity contribution in [3.05, 3.63) is 33.4 Å². The van der Waals surface area contributed by atoms with Gasteiger partial charge < -0.3 is 30.5 Å². The van der Waals surface area contributed by atoms with Crippen LogP contribution in [0.3, 0.4) is 0 Å². The van der Waals surface area contributed by atoms with Crippen LogP contribution in [-0.4, -0.2) is 64.7 Å². The Morgan fingerprint density at radius 1 is 1.43 bits per heavy atom. The molecule has 3 rings (SSSR count). The zero-order valence-corrected chi connectivity index (χ0v) is 16.2. The molecule has 0 radical (unpaired) electrons. The summed E-state index contributed by atoms with van der Waals surface area (Å²) in [5, 5.41) is 14.7. The fraction of sp³-hybridized carbons (Fsp3) is 0.375. The summed E-state index contributed by atoms with van der Waals surface area (Å²) in [5.41, 5.74) is 3.44. The number of carboxylic acids is 1. The fourth-order valence-corrected chi connectivity index (χ4v) is 5.07. The summed E-state index contributed by atoms with van der Waals surface area (Å²) in [6.07, 6.45) is -0.984. The number of amides is 3. The van der Waals surface area contributed by atoms with Gasteiger partial charge in [0, 0.05) is 17.6 Å². The summed E-state index contributed by atoms with van der Waals surface area (Å²) in [6, 6.07) is 2.25. The van der Waals surface area contributed by atoms with Crippen molar-refractivity contribution in [3.63, 3.8) is 0 Å². The van der Waals surface area contributed by atoms with Crippen LogP contribution in [0.5, 0.6) is 0 Å². The molecule has 0 aliphatic carbocycles. The number of hydrogen-bond acceptors (Lipinski definition) is 8. The molecular formula is C16H17N3O7S2. The monoisotopic (exact) mass is 427 g/mol. The van der Waals surface area contributed by atoms with E-state index in [9.17, 15) is 24.3 Å². The third-order valence-electron chi connectivity index (χ3n) is 4.31. The highest BCUT2D eigenvalue weighted by molar-refractivity contribution is 8.03. The van der Waals surface area contributed by atoms with Gasteiger partial charge in [-0.25, -0.2) is 9.59 Å². The minimum absolute atomic E-state index is 0.0728. The molecule has 28 heavy (non-hydrogen) atoms. The number of hydrogen-bond donors (Lipinski definition) is 3. The number of β-lactam (4-membered cyclic amide) rings is 1. The van der Waals surface area contributed by atoms with E-state index in [4.69, 9.17) is 10.5 Å². The number of thioether (sulfide) groups is 1. The molecule has 0 aromatic carbocycles. The summed E-state index contributed by atoms with van der Waals surface area (Å²) in [4.78, 5) is 49.7. The molecule has 1 saturated heterocycles. The number of nitrogens with one attached hydrogen (secondary N) is 1. The highest BCUT2D eigenvalue weighted by Gasteiger charge is 2.67. The number of nitrogens with two attached hydrogens (primary N) is 1. The molecule has 3 heterocycles. The number of carboxylic acid groups (broad SMARTS) is 1. The van der Waals surface area contributed by atoms with Gasteiger partial charge in [-0.3, -0.25) is 9.59 Å². The van der Waals surface area contributed by atoms with E-state index >= 15 is 0 Å². The molecule has 4 N–H and O–H groups in total. The van der Waals surface area contributed by atoms with Crippen molar-refractivity contribution in [3.8, 4) is 0 Å². The van der Waals surface area contributed by atoms with Gasteiger partial charge in [-0.05, 0) is 16.9 Å². The van der Waals surface area contributed by atoms with Crippen molar-refractivity contribution >= 4 is 47.0 Å². The molecule has 2 unspecified atom stereocenters. The Morgan fingerprint density at radius 2 is 2.18 bits per heavy atom. The van der Waals surface area contributed by atoms with Gasteiger partial charge in [0.1, 0.15) is 12.0 Å². The van der Waals surface area contributed by atoms with Gasteiger partial charge in [0.15, 0.2) is 6.04 Å². The number of methoxy groups -OCH3 is 1. The van der Waals surface area contributed by atoms with E-state index in [0.717, 1.165) is 21.5 Å². The van der Waals surface area contributed by atoms with Crippen LogP contribution in [-0.2, 0) is 30.3 Å². The topological polar surface area (TPSA) is 148 Å². The quantitative estimate of drug-likeness (QED) is 0.410. The zero-order valence-electron chi connectivity index (χ0n) is 14.6. The Hall–Kier alpha value is -2.57. The third-order valence-corrected chi connectivity index (χ3v) is 6.44. The van der Waals surface area contributed by atoms with Crippen molar-refractivity contribution in [1.29, 1.82) is 0 Å². The maximum atomic E-state index is 12.8. The standard InChI is InChI=1S/C16H17N3O7S2/c1-25-16(18-10(20)5-9-3-2-4-27-9)13(23)19-11(12(21)22)8(6-26-15(17)24)7-28-14(16)19/h2-4,7,11,14H,5-6H2,1H3,(H2,17,24)(H,18,20)(H,21,22)/t11?,14-,16?/m1/s1. The van der Waals surface area contributed by atoms with E-state index in [-0.39, 0.29) is 18.6 Å². The van der Waals surface area contributed by atoms with Crippen molar-refractivity contribution in [2.75, 3.05) is 13.7 Å². The number of thiophene rings is 1. The maximum absolute atomic E-state index is 12.8. The zero-order chi connectivity index (χ0) is 20.5. The van der Waals surface area contributed by atoms with Crippen molar-refractivity contribution in [2.45, 2.75) is 23.6 Å². The lowest BCUT2D eigenvalue weighted by Gasteiger charge is -2.57. The van der Waals surface area contributed by atoms with Crippen molar-refractivity contribution in [1.82, 2.24) is 10.2 Å². The van der Waals surface area contributed by atoms with Crippen LogP contribution in [0.4, 0.5) is 4.79 Å². The molecular weight excluding hydrogens is 410 g/mol. The van der Waals surface area contributed by atoms with E-state index in [1.54, 1.807) is 6.07 Å². The maximum Gasteiger partial charge on any atom is 0.404 e. The second kappa shape index (κ2) is 7.81. The molecule has 3 amide bonds. The molecule has 0 saturated carbocycles. The van der Waals surface area contributed by atoms with E-state index in [1.807, 2.05) is 11.4 Å². The molecule has 0 spiro atoms. The highest BCUT2D eigenvalue weighted by Crippen LogP contribution is 2.46. The van der Waals surface area contributed by atoms with Gasteiger partial charge in [-0.1, -0.05) is 6.07 Å². The summed E-state index contributed by atoms with van der Waals surface area (Å²) in [5.74, 6) is -2.41. The Morgan fingerprint density at radius 3 is 2.75 bits per heavy atom. The van der Waals surface area contributed by atoms with E-state index in [2.05, 4.69) is 10.1 Å². The number of ether oxygens (including phenoxy) is 2. The molecule has 150 valence electrons. The first-order valence-corrected chi connectivity index (χ1v) is 9.83. The first-order valence-electron chi connectivity index (χ1n) is 8.01. The predicted molar refractivity (Wildman–Crippen MR) is 99.2 cm³/mol. The van der Waals surface area contributed by atoms with Crippen LogP contribution < -0.4 is 11.1 Å². The summed E-state index contributed by atoms with van der Waals surface area (Å²) < 4.78 is 10.0. The van der Waals surface area contributed by atoms with Gasteiger partial charge in [-0.2, -0.15) is 0 Å². The van der Waals surface area contributed by atoms with Gasteiger partial charge in [0.2, 0.25) is 5.91 Å². The van der Waals surface area contributed by atoms with Gasteiger partial charge >= 0.3 is 12.1 Å². The first-order chi connectivity index (χ1) is 13.3. The summed E-state index contributed by atoms with van der Waals surface area (Å²) >= 11 is 2.49. The number of carbonyl (C=O) groups is 4. The molecule has 0 bridgehead atoms. The van der Waals surface area contributed by atoms with Crippen LogP contribution in [0.1, 0.15) is 4.88 Å². The average Bonchev–Trinajstić information content (AvgIpc) is 3.15. The molecule has 2 aliphatic heterocycles. The Kier molecular flexibility index (Phi) is 5.63. The Balaban J connectivity index is 1.79. The van der Waals surface area contributed by atoms with Crippen LogP contribution in [0.15, 0.2) is 28.5 Å². The largest absolute Gasteiger partial charge is 0.479 e. The highest BCUT2D eigenvalue weighted by atomic mass is 32.2. The third kappa shape index (κ3) is 3.45. The number of rotatable bonds is 7. The predicted octanol–water partition coefficient (Wildman–Crippen LogP) is 0.0970. The molecule has 2 aliphatic rings. The normalized spacial score (nSPS) is 26.0. The Labute approximate surface area is 167 Å². The lowest BCUT2D eigenvalue weighted by atomic mass is 9.94. The van der Waals surface area contributed by atoms with E-state index in [0.29, 0.717) is 0 Å². The lowest BCUT2D eigenvalue weighted by Crippen LogP contribution is -2.83. The molecule has 10 nitrogen and oxygen atoms in total. The first kappa shape index (κ1) is 20.2. The summed E-state index contributed by atoms with van der Waals surface area (Å²) in [6.45, 7) is -0.361. The number of fused-ring (bicyclic) bond motifs is 1. The number of aliphatic carboxylic acids is 1. The molecule has 3 atom stereocenters. The smallest absolute Gasteiger partial charge is 0.404 e. The average molecular weight is 427 g/mol. The number of nitrogens with zero attached hydrogens (tertiary/aromatic N) is 1. The van der Waals surface area contributed by atoms with Crippen molar-refractivity contribution in [2.24, 2.45) is 5.73 Å². The van der Waals surface area contributed by atoms with E-state index in [1.165, 1.54) is 23.9 Å². The molecule has 1 fully saturated rings. The fourth-order valence-electron chi connectivity index (χ4n) is 3.06. The van der Waals surface area contributed by atoms with Gasteiger partial charge in [0.25, 0.3) is 11.6 Å². The minimum atomic E-state index is -1.67. The summed E-state index contributed by atoms with van der Waals surface area (Å²) in [7, 11) is 1.27. The van der Waals surface area contributed by atoms with Gasteiger partial charge in [0.05, 0.1) is 6.42 Å². The Bertz CT molecular complexity index is 841. The van der Waals surface area contributed by atoms with Crippen LogP contribution in [0.25, 0.3) is 0 Å². The molecule has 1 aromatic rings.